The number of aliphatic hydroxyl groups is 1. The lowest BCUT2D eigenvalue weighted by Gasteiger charge is -2.28. The molecule has 19 heavy (non-hydrogen) atoms. The molecule has 0 amide bonds. The van der Waals surface area contributed by atoms with Gasteiger partial charge in [0.25, 0.3) is 0 Å². The molecule has 1 aliphatic rings. The highest BCUT2D eigenvalue weighted by Gasteiger charge is 2.16. The molecule has 1 aromatic rings. The van der Waals surface area contributed by atoms with E-state index in [2.05, 4.69) is 16.9 Å². The summed E-state index contributed by atoms with van der Waals surface area (Å²) >= 11 is 0. The van der Waals surface area contributed by atoms with E-state index < -0.39 is 6.10 Å². The summed E-state index contributed by atoms with van der Waals surface area (Å²) < 4.78 is 5.51. The van der Waals surface area contributed by atoms with Crippen LogP contribution in [0.5, 0.6) is 0 Å². The van der Waals surface area contributed by atoms with Gasteiger partial charge in [0.1, 0.15) is 0 Å². The minimum absolute atomic E-state index is 0.453. The van der Waals surface area contributed by atoms with Gasteiger partial charge < -0.3 is 14.7 Å². The van der Waals surface area contributed by atoms with E-state index >= 15 is 0 Å². The molecule has 106 valence electrons. The second kappa shape index (κ2) is 6.87. The summed E-state index contributed by atoms with van der Waals surface area (Å²) in [5.74, 6) is 0.611. The van der Waals surface area contributed by atoms with Crippen LogP contribution < -0.4 is 4.90 Å². The summed E-state index contributed by atoms with van der Waals surface area (Å²) in [6.07, 6.45) is 4.49. The van der Waals surface area contributed by atoms with E-state index in [1.54, 1.807) is 0 Å². The van der Waals surface area contributed by atoms with Crippen LogP contribution in [0.2, 0.25) is 0 Å². The van der Waals surface area contributed by atoms with Crippen molar-refractivity contribution >= 4 is 5.69 Å². The lowest BCUT2D eigenvalue weighted by molar-refractivity contribution is 0.0576. The topological polar surface area (TPSA) is 45.6 Å². The Balaban J connectivity index is 1.93. The second-order valence-electron chi connectivity index (χ2n) is 5.33. The molecule has 2 unspecified atom stereocenters. The van der Waals surface area contributed by atoms with Gasteiger partial charge in [-0.3, -0.25) is 4.98 Å². The summed E-state index contributed by atoms with van der Waals surface area (Å²) in [6.45, 7) is 4.72. The Morgan fingerprint density at radius 3 is 2.95 bits per heavy atom. The van der Waals surface area contributed by atoms with Crippen LogP contribution in [0.15, 0.2) is 18.3 Å². The smallest absolute Gasteiger partial charge is 0.0957 e. The van der Waals surface area contributed by atoms with Gasteiger partial charge in [0.15, 0.2) is 0 Å². The highest BCUT2D eigenvalue weighted by Crippen LogP contribution is 2.20. The predicted molar refractivity (Wildman–Crippen MR) is 76.3 cm³/mol. The molecule has 0 aromatic carbocycles. The van der Waals surface area contributed by atoms with Crippen molar-refractivity contribution < 1.29 is 9.84 Å². The Morgan fingerprint density at radius 1 is 1.53 bits per heavy atom. The lowest BCUT2D eigenvalue weighted by Crippen LogP contribution is -2.30. The molecule has 0 bridgehead atoms. The average Bonchev–Trinajstić information content (AvgIpc) is 2.47. The van der Waals surface area contributed by atoms with Crippen LogP contribution in [-0.2, 0) is 4.74 Å². The molecule has 1 saturated heterocycles. The van der Waals surface area contributed by atoms with Gasteiger partial charge in [0, 0.05) is 20.2 Å². The first-order chi connectivity index (χ1) is 9.20. The molecule has 0 radical (unpaired) electrons. The molecule has 2 atom stereocenters. The molecular formula is C15H24N2O2. The number of aliphatic hydroxyl groups excluding tert-OH is 1. The van der Waals surface area contributed by atoms with Crippen LogP contribution in [0.3, 0.4) is 0 Å². The maximum Gasteiger partial charge on any atom is 0.0957 e. The monoisotopic (exact) mass is 264 g/mol. The number of aromatic nitrogens is 1. The van der Waals surface area contributed by atoms with Crippen LogP contribution in [0.1, 0.15) is 38.0 Å². The molecule has 1 fully saturated rings. The standard InChI is InChI=1S/C15H24N2O2/c1-3-15(18)14-7-6-13(9-16-14)17(2)10-12-5-4-8-19-11-12/h6-7,9,12,15,18H,3-5,8,10-11H2,1-2H3. The molecule has 0 spiro atoms. The highest BCUT2D eigenvalue weighted by atomic mass is 16.5. The molecule has 2 rings (SSSR count). The highest BCUT2D eigenvalue weighted by molar-refractivity contribution is 5.43. The SMILES string of the molecule is CCC(O)c1ccc(N(C)CC2CCCOC2)cn1. The first kappa shape index (κ1) is 14.3. The normalized spacial score (nSPS) is 21.1. The number of rotatable bonds is 5. The van der Waals surface area contributed by atoms with Crippen molar-refractivity contribution in [3.8, 4) is 0 Å². The van der Waals surface area contributed by atoms with E-state index in [1.807, 2.05) is 25.3 Å². The van der Waals surface area contributed by atoms with Gasteiger partial charge in [-0.1, -0.05) is 6.92 Å². The molecule has 0 saturated carbocycles. The fraction of sp³-hybridized carbons (Fsp3) is 0.667. The molecule has 4 heteroatoms. The van der Waals surface area contributed by atoms with Crippen molar-refractivity contribution in [2.24, 2.45) is 5.92 Å². The van der Waals surface area contributed by atoms with E-state index in [0.29, 0.717) is 12.3 Å². The van der Waals surface area contributed by atoms with E-state index in [-0.39, 0.29) is 0 Å². The zero-order chi connectivity index (χ0) is 13.7. The van der Waals surface area contributed by atoms with Crippen molar-refractivity contribution in [2.75, 3.05) is 31.7 Å². The largest absolute Gasteiger partial charge is 0.387 e. The molecule has 1 N–H and O–H groups in total. The zero-order valence-electron chi connectivity index (χ0n) is 11.9. The quantitative estimate of drug-likeness (QED) is 0.887. The minimum Gasteiger partial charge on any atom is -0.387 e. The maximum absolute atomic E-state index is 9.73. The minimum atomic E-state index is -0.453. The molecule has 2 heterocycles. The van der Waals surface area contributed by atoms with E-state index in [4.69, 9.17) is 4.74 Å². The first-order valence-electron chi connectivity index (χ1n) is 7.13. The Labute approximate surface area is 115 Å². The van der Waals surface area contributed by atoms with Crippen LogP contribution in [-0.4, -0.2) is 36.9 Å². The Hall–Kier alpha value is -1.13. The molecule has 4 nitrogen and oxygen atoms in total. The van der Waals surface area contributed by atoms with Crippen LogP contribution >= 0.6 is 0 Å². The Bertz CT molecular complexity index is 374. The second-order valence-corrected chi connectivity index (χ2v) is 5.33. The number of anilines is 1. The van der Waals surface area contributed by atoms with Crippen LogP contribution in [0.4, 0.5) is 5.69 Å². The Morgan fingerprint density at radius 2 is 2.37 bits per heavy atom. The van der Waals surface area contributed by atoms with E-state index in [0.717, 1.165) is 31.1 Å². The van der Waals surface area contributed by atoms with Crippen molar-refractivity contribution in [2.45, 2.75) is 32.3 Å². The summed E-state index contributed by atoms with van der Waals surface area (Å²) in [4.78, 5) is 6.56. The number of ether oxygens (including phenoxy) is 1. The van der Waals surface area contributed by atoms with Gasteiger partial charge in [0.2, 0.25) is 0 Å². The van der Waals surface area contributed by atoms with Crippen molar-refractivity contribution in [1.82, 2.24) is 4.98 Å². The van der Waals surface area contributed by atoms with Gasteiger partial charge >= 0.3 is 0 Å². The molecule has 0 aliphatic carbocycles. The van der Waals surface area contributed by atoms with Gasteiger partial charge in [-0.25, -0.2) is 0 Å². The van der Waals surface area contributed by atoms with E-state index in [1.165, 1.54) is 12.8 Å². The third-order valence-electron chi connectivity index (χ3n) is 3.73. The lowest BCUT2D eigenvalue weighted by atomic mass is 10.0. The third-order valence-corrected chi connectivity index (χ3v) is 3.73. The van der Waals surface area contributed by atoms with E-state index in [9.17, 15) is 5.11 Å². The van der Waals surface area contributed by atoms with Crippen molar-refractivity contribution in [3.05, 3.63) is 24.0 Å². The number of nitrogens with zero attached hydrogens (tertiary/aromatic N) is 2. The summed E-state index contributed by atoms with van der Waals surface area (Å²) in [7, 11) is 2.08. The number of hydrogen-bond donors (Lipinski definition) is 1. The molecule has 1 aliphatic heterocycles. The van der Waals surface area contributed by atoms with Crippen LogP contribution in [0, 0.1) is 5.92 Å². The van der Waals surface area contributed by atoms with Gasteiger partial charge in [-0.05, 0) is 37.3 Å². The number of pyridine rings is 1. The predicted octanol–water partition coefficient (Wildman–Crippen LogP) is 2.39. The summed E-state index contributed by atoms with van der Waals surface area (Å²) in [5.41, 5.74) is 1.85. The van der Waals surface area contributed by atoms with Crippen molar-refractivity contribution in [3.63, 3.8) is 0 Å². The van der Waals surface area contributed by atoms with Gasteiger partial charge in [0.05, 0.1) is 30.3 Å². The maximum atomic E-state index is 9.73. The first-order valence-corrected chi connectivity index (χ1v) is 7.13. The molecular weight excluding hydrogens is 240 g/mol. The summed E-state index contributed by atoms with van der Waals surface area (Å²) in [5, 5.41) is 9.73. The Kier molecular flexibility index (Phi) is 5.16. The zero-order valence-corrected chi connectivity index (χ0v) is 11.9. The molecule has 1 aromatic heterocycles. The number of hydrogen-bond acceptors (Lipinski definition) is 4. The fourth-order valence-corrected chi connectivity index (χ4v) is 2.47. The van der Waals surface area contributed by atoms with Gasteiger partial charge in [-0.2, -0.15) is 0 Å². The average molecular weight is 264 g/mol. The summed E-state index contributed by atoms with van der Waals surface area (Å²) in [6, 6.07) is 3.95. The third kappa shape index (κ3) is 3.91. The fourth-order valence-electron chi connectivity index (χ4n) is 2.47. The van der Waals surface area contributed by atoms with Crippen LogP contribution in [0.25, 0.3) is 0 Å². The van der Waals surface area contributed by atoms with Crippen molar-refractivity contribution in [1.29, 1.82) is 0 Å². The van der Waals surface area contributed by atoms with Gasteiger partial charge in [-0.15, -0.1) is 0 Å².